The van der Waals surface area contributed by atoms with Crippen molar-refractivity contribution in [3.63, 3.8) is 0 Å². The lowest BCUT2D eigenvalue weighted by molar-refractivity contribution is -0.127. The van der Waals surface area contributed by atoms with E-state index in [4.69, 9.17) is 0 Å². The van der Waals surface area contributed by atoms with Gasteiger partial charge in [-0.25, -0.2) is 0 Å². The van der Waals surface area contributed by atoms with Crippen LogP contribution in [-0.2, 0) is 4.79 Å². The first-order valence-corrected chi connectivity index (χ1v) is 6.51. The van der Waals surface area contributed by atoms with Crippen molar-refractivity contribution in [2.75, 3.05) is 0 Å². The maximum Gasteiger partial charge on any atom is 0.217 e. The summed E-state index contributed by atoms with van der Waals surface area (Å²) in [4.78, 5) is 11.2. The second-order valence-electron chi connectivity index (χ2n) is 5.95. The average Bonchev–Trinajstić information content (AvgIpc) is 2.06. The maximum atomic E-state index is 11.2. The first kappa shape index (κ1) is 11.4. The molecule has 0 saturated heterocycles. The lowest BCUT2D eigenvalue weighted by Crippen LogP contribution is -2.67. The van der Waals surface area contributed by atoms with Crippen LogP contribution in [0.5, 0.6) is 0 Å². The van der Waals surface area contributed by atoms with E-state index in [0.29, 0.717) is 17.4 Å². The van der Waals surface area contributed by atoms with Gasteiger partial charge in [0.1, 0.15) is 0 Å². The summed E-state index contributed by atoms with van der Waals surface area (Å²) in [6, 6.07) is 0.298. The van der Waals surface area contributed by atoms with Crippen LogP contribution < -0.4 is 5.32 Å². The van der Waals surface area contributed by atoms with Gasteiger partial charge in [-0.05, 0) is 37.0 Å². The Hall–Kier alpha value is -0.0500. The zero-order chi connectivity index (χ0) is 11.4. The number of nitrogens with one attached hydrogen (secondary N) is 1. The predicted molar refractivity (Wildman–Crippen MR) is 64.9 cm³/mol. The molecule has 2 nitrogen and oxygen atoms in total. The van der Waals surface area contributed by atoms with Gasteiger partial charge in [0.2, 0.25) is 5.91 Å². The molecular weight excluding hydrogens is 254 g/mol. The molecule has 0 aromatic heterocycles. The van der Waals surface area contributed by atoms with Crippen molar-refractivity contribution < 1.29 is 4.79 Å². The molecule has 3 aliphatic rings. The Morgan fingerprint density at radius 2 is 1.93 bits per heavy atom. The van der Waals surface area contributed by atoms with Crippen molar-refractivity contribution in [2.45, 2.75) is 50.9 Å². The highest BCUT2D eigenvalue weighted by atomic mass is 79.9. The number of alkyl halides is 1. The zero-order valence-corrected chi connectivity index (χ0v) is 11.5. The molecule has 4 unspecified atom stereocenters. The van der Waals surface area contributed by atoms with E-state index in [1.165, 1.54) is 6.42 Å². The Kier molecular flexibility index (Phi) is 2.46. The highest BCUT2D eigenvalue weighted by Crippen LogP contribution is 2.65. The maximum absolute atomic E-state index is 11.2. The number of halogens is 1. The van der Waals surface area contributed by atoms with Gasteiger partial charge in [-0.15, -0.1) is 0 Å². The lowest BCUT2D eigenvalue weighted by atomic mass is 9.44. The molecule has 3 saturated carbocycles. The fourth-order valence-electron chi connectivity index (χ4n) is 3.58. The van der Waals surface area contributed by atoms with Crippen molar-refractivity contribution >= 4 is 21.8 Å². The third-order valence-electron chi connectivity index (χ3n) is 4.73. The van der Waals surface area contributed by atoms with Gasteiger partial charge in [-0.2, -0.15) is 0 Å². The molecule has 0 spiro atoms. The van der Waals surface area contributed by atoms with Gasteiger partial charge in [0.15, 0.2) is 0 Å². The van der Waals surface area contributed by atoms with Crippen LogP contribution in [-0.4, -0.2) is 16.3 Å². The monoisotopic (exact) mass is 273 g/mol. The van der Waals surface area contributed by atoms with Crippen LogP contribution in [0, 0.1) is 17.3 Å². The summed E-state index contributed by atoms with van der Waals surface area (Å²) in [6.45, 7) is 8.55. The van der Waals surface area contributed by atoms with Gasteiger partial charge in [0.25, 0.3) is 0 Å². The molecule has 0 aromatic rings. The van der Waals surface area contributed by atoms with Crippen molar-refractivity contribution in [2.24, 2.45) is 17.3 Å². The third-order valence-corrected chi connectivity index (χ3v) is 5.84. The van der Waals surface area contributed by atoms with Crippen LogP contribution in [0.15, 0.2) is 0 Å². The molecule has 1 N–H and O–H groups in total. The van der Waals surface area contributed by atoms with E-state index in [1.54, 1.807) is 6.92 Å². The van der Waals surface area contributed by atoms with Crippen LogP contribution >= 0.6 is 15.9 Å². The molecule has 3 fully saturated rings. The topological polar surface area (TPSA) is 29.1 Å². The second kappa shape index (κ2) is 3.22. The van der Waals surface area contributed by atoms with Crippen LogP contribution in [0.4, 0.5) is 0 Å². The highest BCUT2D eigenvalue weighted by molar-refractivity contribution is 9.10. The van der Waals surface area contributed by atoms with Crippen LogP contribution in [0.25, 0.3) is 0 Å². The smallest absolute Gasteiger partial charge is 0.217 e. The summed E-state index contributed by atoms with van der Waals surface area (Å²) in [5, 5.41) is 3.08. The van der Waals surface area contributed by atoms with E-state index < -0.39 is 0 Å². The Bertz CT molecular complexity index is 298. The van der Waals surface area contributed by atoms with E-state index in [2.05, 4.69) is 42.0 Å². The number of fused-ring (bicyclic) bond motifs is 2. The van der Waals surface area contributed by atoms with Gasteiger partial charge in [-0.3, -0.25) is 4.79 Å². The fraction of sp³-hybridized carbons (Fsp3) is 0.917. The van der Waals surface area contributed by atoms with E-state index in [0.717, 1.165) is 12.3 Å². The SMILES string of the molecule is CC(=O)NC1CC2CC(C2(C)C)C1(C)Br. The minimum Gasteiger partial charge on any atom is -0.352 e. The second-order valence-corrected chi connectivity index (χ2v) is 7.66. The molecule has 15 heavy (non-hydrogen) atoms. The summed E-state index contributed by atoms with van der Waals surface area (Å²) in [5.41, 5.74) is 0.438. The summed E-state index contributed by atoms with van der Waals surface area (Å²) in [5.74, 6) is 1.55. The van der Waals surface area contributed by atoms with Crippen molar-refractivity contribution in [1.82, 2.24) is 5.32 Å². The predicted octanol–water partition coefficient (Wildman–Crippen LogP) is 2.71. The Morgan fingerprint density at radius 1 is 1.33 bits per heavy atom. The van der Waals surface area contributed by atoms with E-state index >= 15 is 0 Å². The number of carbonyl (C=O) groups excluding carboxylic acids is 1. The van der Waals surface area contributed by atoms with Crippen molar-refractivity contribution in [3.8, 4) is 0 Å². The fourth-order valence-corrected chi connectivity index (χ4v) is 4.66. The van der Waals surface area contributed by atoms with Crippen LogP contribution in [0.3, 0.4) is 0 Å². The minimum atomic E-state index is 0.0664. The van der Waals surface area contributed by atoms with E-state index in [1.807, 2.05) is 0 Å². The Morgan fingerprint density at radius 3 is 2.33 bits per heavy atom. The number of carbonyl (C=O) groups is 1. The average molecular weight is 274 g/mol. The first-order valence-electron chi connectivity index (χ1n) is 5.72. The van der Waals surface area contributed by atoms with Gasteiger partial charge in [0, 0.05) is 17.3 Å². The van der Waals surface area contributed by atoms with Gasteiger partial charge < -0.3 is 5.32 Å². The van der Waals surface area contributed by atoms with Crippen LogP contribution in [0.1, 0.15) is 40.5 Å². The molecule has 3 aliphatic carbocycles. The molecule has 2 bridgehead atoms. The summed E-state index contributed by atoms with van der Waals surface area (Å²) in [7, 11) is 0. The standard InChI is InChI=1S/C12H20BrNO/c1-7(15)14-10-6-8-5-9(11(8,2)3)12(10,4)13/h8-10H,5-6H2,1-4H3,(H,14,15). The molecule has 3 heteroatoms. The van der Waals surface area contributed by atoms with E-state index in [-0.39, 0.29) is 10.2 Å². The molecule has 0 radical (unpaired) electrons. The number of amides is 1. The number of hydrogen-bond donors (Lipinski definition) is 1. The molecule has 0 heterocycles. The Balaban J connectivity index is 2.17. The molecule has 1 amide bonds. The number of rotatable bonds is 1. The van der Waals surface area contributed by atoms with Crippen molar-refractivity contribution in [1.29, 1.82) is 0 Å². The highest BCUT2D eigenvalue weighted by Gasteiger charge is 2.62. The molecule has 0 aliphatic heterocycles. The normalized spacial score (nSPS) is 46.9. The first-order chi connectivity index (χ1) is 6.76. The van der Waals surface area contributed by atoms with Gasteiger partial charge in [0.05, 0.1) is 0 Å². The molecule has 0 aromatic carbocycles. The van der Waals surface area contributed by atoms with Crippen molar-refractivity contribution in [3.05, 3.63) is 0 Å². The quantitative estimate of drug-likeness (QED) is 0.732. The summed E-state index contributed by atoms with van der Waals surface area (Å²) < 4.78 is 0.0664. The molecule has 4 atom stereocenters. The molecule has 3 rings (SSSR count). The zero-order valence-electron chi connectivity index (χ0n) is 9.93. The van der Waals surface area contributed by atoms with Gasteiger partial charge >= 0.3 is 0 Å². The van der Waals surface area contributed by atoms with Gasteiger partial charge in [-0.1, -0.05) is 29.8 Å². The summed E-state index contributed by atoms with van der Waals surface area (Å²) in [6.07, 6.45) is 2.43. The number of hydrogen-bond acceptors (Lipinski definition) is 1. The summed E-state index contributed by atoms with van der Waals surface area (Å²) >= 11 is 3.85. The Labute approximate surface area is 100 Å². The molecule has 86 valence electrons. The largest absolute Gasteiger partial charge is 0.352 e. The lowest BCUT2D eigenvalue weighted by Gasteiger charge is -2.65. The molecular formula is C12H20BrNO. The van der Waals surface area contributed by atoms with Crippen LogP contribution in [0.2, 0.25) is 0 Å². The minimum absolute atomic E-state index is 0.0664. The van der Waals surface area contributed by atoms with E-state index in [9.17, 15) is 4.79 Å². The third kappa shape index (κ3) is 1.54.